The number of tetrazole rings is 1. The van der Waals surface area contributed by atoms with Crippen molar-refractivity contribution in [1.29, 1.82) is 0 Å². The second kappa shape index (κ2) is 4.34. The highest BCUT2D eigenvalue weighted by Gasteiger charge is 2.16. The number of nitrogens with zero attached hydrogens (tertiary/aromatic N) is 4. The highest BCUT2D eigenvalue weighted by Crippen LogP contribution is 2.01. The molecule has 0 saturated heterocycles. The lowest BCUT2D eigenvalue weighted by molar-refractivity contribution is -0.136. The van der Waals surface area contributed by atoms with Crippen LogP contribution in [0.1, 0.15) is 12.2 Å². The summed E-state index contributed by atoms with van der Waals surface area (Å²) >= 11 is 0. The molecule has 0 bridgehead atoms. The molecule has 1 rings (SSSR count). The topological polar surface area (TPSA) is 115 Å². The first-order valence-electron chi connectivity index (χ1n) is 4.04. The molecule has 15 heavy (non-hydrogen) atoms. The highest BCUT2D eigenvalue weighted by atomic mass is 32.2. The van der Waals surface area contributed by atoms with Gasteiger partial charge in [0, 0.05) is 0 Å². The smallest absolute Gasteiger partial charge is 0.304 e. The fourth-order valence-electron chi connectivity index (χ4n) is 0.893. The number of hydrogen-bond acceptors (Lipinski definition) is 6. The van der Waals surface area contributed by atoms with E-state index >= 15 is 0 Å². The minimum absolute atomic E-state index is 0.0721. The zero-order valence-corrected chi connectivity index (χ0v) is 8.81. The van der Waals surface area contributed by atoms with Gasteiger partial charge in [0.25, 0.3) is 0 Å². The average Bonchev–Trinajstić information content (AvgIpc) is 2.47. The Bertz CT molecular complexity index is 451. The SMILES string of the molecule is Cn1nnc(CS(=O)(=O)CCC(=O)O)n1. The Hall–Kier alpha value is -1.51. The fraction of sp³-hybridized carbons (Fsp3) is 0.667. The number of aliphatic carboxylic acids is 1. The molecule has 84 valence electrons. The Morgan fingerprint density at radius 3 is 2.67 bits per heavy atom. The summed E-state index contributed by atoms with van der Waals surface area (Å²) in [4.78, 5) is 11.3. The average molecular weight is 234 g/mol. The van der Waals surface area contributed by atoms with Gasteiger partial charge in [-0.3, -0.25) is 4.79 Å². The molecule has 0 fully saturated rings. The third kappa shape index (κ3) is 4.02. The molecular formula is C6H10N4O4S. The van der Waals surface area contributed by atoms with E-state index in [0.29, 0.717) is 0 Å². The fourth-order valence-corrected chi connectivity index (χ4v) is 2.03. The minimum atomic E-state index is -3.48. The first kappa shape index (κ1) is 11.6. The van der Waals surface area contributed by atoms with Crippen molar-refractivity contribution in [3.05, 3.63) is 5.82 Å². The van der Waals surface area contributed by atoms with Crippen molar-refractivity contribution >= 4 is 15.8 Å². The van der Waals surface area contributed by atoms with Gasteiger partial charge >= 0.3 is 5.97 Å². The van der Waals surface area contributed by atoms with Crippen LogP contribution in [0.4, 0.5) is 0 Å². The number of hydrogen-bond donors (Lipinski definition) is 1. The van der Waals surface area contributed by atoms with Crippen molar-refractivity contribution in [2.24, 2.45) is 7.05 Å². The zero-order chi connectivity index (χ0) is 11.5. The predicted molar refractivity (Wildman–Crippen MR) is 48.5 cm³/mol. The van der Waals surface area contributed by atoms with Gasteiger partial charge in [-0.15, -0.1) is 10.2 Å². The third-order valence-corrected chi connectivity index (χ3v) is 3.05. The van der Waals surface area contributed by atoms with Gasteiger partial charge in [0.05, 0.1) is 19.2 Å². The van der Waals surface area contributed by atoms with Gasteiger partial charge in [-0.2, -0.15) is 4.80 Å². The molecule has 0 aliphatic carbocycles. The van der Waals surface area contributed by atoms with E-state index in [0.717, 1.165) is 4.80 Å². The van der Waals surface area contributed by atoms with Crippen LogP contribution >= 0.6 is 0 Å². The van der Waals surface area contributed by atoms with Crippen LogP contribution in [0.15, 0.2) is 0 Å². The van der Waals surface area contributed by atoms with Crippen LogP contribution in [0.3, 0.4) is 0 Å². The Morgan fingerprint density at radius 2 is 2.20 bits per heavy atom. The van der Waals surface area contributed by atoms with Crippen LogP contribution in [0.5, 0.6) is 0 Å². The molecule has 0 unspecified atom stereocenters. The summed E-state index contributed by atoms with van der Waals surface area (Å²) in [6.07, 6.45) is -0.414. The second-order valence-electron chi connectivity index (χ2n) is 2.93. The summed E-state index contributed by atoms with van der Waals surface area (Å²) in [5, 5.41) is 19.0. The normalized spacial score (nSPS) is 11.5. The number of aryl methyl sites for hydroxylation is 1. The van der Waals surface area contributed by atoms with E-state index in [1.54, 1.807) is 0 Å². The van der Waals surface area contributed by atoms with E-state index in [1.165, 1.54) is 7.05 Å². The lowest BCUT2D eigenvalue weighted by atomic mass is 10.5. The molecular weight excluding hydrogens is 224 g/mol. The van der Waals surface area contributed by atoms with Crippen LogP contribution < -0.4 is 0 Å². The van der Waals surface area contributed by atoms with Crippen molar-refractivity contribution in [3.8, 4) is 0 Å². The minimum Gasteiger partial charge on any atom is -0.481 e. The number of carbonyl (C=O) groups is 1. The Labute approximate surface area is 85.8 Å². The van der Waals surface area contributed by atoms with Gasteiger partial charge < -0.3 is 5.11 Å². The summed E-state index contributed by atoms with van der Waals surface area (Å²) in [6.45, 7) is 0. The molecule has 0 aromatic carbocycles. The molecule has 0 saturated carbocycles. The number of carboxylic acids is 1. The molecule has 1 aromatic rings. The van der Waals surface area contributed by atoms with Gasteiger partial charge in [-0.1, -0.05) is 0 Å². The maximum atomic E-state index is 11.3. The van der Waals surface area contributed by atoms with Gasteiger partial charge in [0.1, 0.15) is 5.75 Å². The molecule has 0 aliphatic heterocycles. The zero-order valence-electron chi connectivity index (χ0n) is 7.99. The van der Waals surface area contributed by atoms with Crippen molar-refractivity contribution in [3.63, 3.8) is 0 Å². The highest BCUT2D eigenvalue weighted by molar-refractivity contribution is 7.90. The molecule has 0 atom stereocenters. The third-order valence-electron chi connectivity index (χ3n) is 1.53. The Balaban J connectivity index is 2.60. The second-order valence-corrected chi connectivity index (χ2v) is 5.11. The van der Waals surface area contributed by atoms with Gasteiger partial charge in [-0.05, 0) is 5.21 Å². The summed E-state index contributed by atoms with van der Waals surface area (Å²) in [5.41, 5.74) is 0. The van der Waals surface area contributed by atoms with Gasteiger partial charge in [0.15, 0.2) is 15.7 Å². The number of aromatic nitrogens is 4. The van der Waals surface area contributed by atoms with E-state index in [2.05, 4.69) is 15.4 Å². The van der Waals surface area contributed by atoms with Crippen LogP contribution in [-0.2, 0) is 27.4 Å². The lowest BCUT2D eigenvalue weighted by Crippen LogP contribution is -2.13. The number of carboxylic acid groups (broad SMARTS) is 1. The maximum absolute atomic E-state index is 11.3. The van der Waals surface area contributed by atoms with E-state index in [-0.39, 0.29) is 11.6 Å². The van der Waals surface area contributed by atoms with E-state index in [9.17, 15) is 13.2 Å². The van der Waals surface area contributed by atoms with E-state index in [1.807, 2.05) is 0 Å². The number of rotatable bonds is 5. The van der Waals surface area contributed by atoms with E-state index in [4.69, 9.17) is 5.11 Å². The van der Waals surface area contributed by atoms with Crippen LogP contribution in [0.25, 0.3) is 0 Å². The molecule has 8 nitrogen and oxygen atoms in total. The molecule has 0 spiro atoms. The quantitative estimate of drug-likeness (QED) is 0.666. The lowest BCUT2D eigenvalue weighted by Gasteiger charge is -1.97. The van der Waals surface area contributed by atoms with Crippen LogP contribution in [0.2, 0.25) is 0 Å². The molecule has 9 heteroatoms. The molecule has 1 heterocycles. The van der Waals surface area contributed by atoms with Crippen molar-refractivity contribution in [2.75, 3.05) is 5.75 Å². The Morgan fingerprint density at radius 1 is 1.53 bits per heavy atom. The van der Waals surface area contributed by atoms with Crippen molar-refractivity contribution in [1.82, 2.24) is 20.2 Å². The molecule has 0 amide bonds. The molecule has 1 aromatic heterocycles. The monoisotopic (exact) mass is 234 g/mol. The Kier molecular flexibility index (Phi) is 3.35. The van der Waals surface area contributed by atoms with Gasteiger partial charge in [-0.25, -0.2) is 8.42 Å². The summed E-state index contributed by atoms with van der Waals surface area (Å²) in [6, 6.07) is 0. The summed E-state index contributed by atoms with van der Waals surface area (Å²) in [7, 11) is -1.96. The summed E-state index contributed by atoms with van der Waals surface area (Å²) in [5.74, 6) is -1.87. The molecule has 0 aliphatic rings. The number of sulfone groups is 1. The van der Waals surface area contributed by atoms with Crippen molar-refractivity contribution < 1.29 is 18.3 Å². The maximum Gasteiger partial charge on any atom is 0.304 e. The summed E-state index contributed by atoms with van der Waals surface area (Å²) < 4.78 is 22.7. The first-order valence-corrected chi connectivity index (χ1v) is 5.86. The van der Waals surface area contributed by atoms with Crippen LogP contribution in [-0.4, -0.2) is 45.5 Å². The predicted octanol–water partition coefficient (Wildman–Crippen LogP) is -1.40. The van der Waals surface area contributed by atoms with Crippen LogP contribution in [0, 0.1) is 0 Å². The van der Waals surface area contributed by atoms with Crippen molar-refractivity contribution in [2.45, 2.75) is 12.2 Å². The van der Waals surface area contributed by atoms with Gasteiger partial charge in [0.2, 0.25) is 0 Å². The molecule has 1 N–H and O–H groups in total. The largest absolute Gasteiger partial charge is 0.481 e. The molecule has 0 radical (unpaired) electrons. The standard InChI is InChI=1S/C6H10N4O4S/c1-10-8-5(7-9-10)4-15(13,14)3-2-6(11)12/h2-4H2,1H3,(H,11,12). The first-order chi connectivity index (χ1) is 6.89. The van der Waals surface area contributed by atoms with E-state index < -0.39 is 28.0 Å².